The molecule has 1 heterocycles. The van der Waals surface area contributed by atoms with E-state index in [-0.39, 0.29) is 22.8 Å². The molecule has 1 saturated carbocycles. The van der Waals surface area contributed by atoms with Gasteiger partial charge in [-0.3, -0.25) is 0 Å². The lowest BCUT2D eigenvalue weighted by molar-refractivity contribution is -0.137. The van der Waals surface area contributed by atoms with E-state index in [9.17, 15) is 13.2 Å². The summed E-state index contributed by atoms with van der Waals surface area (Å²) >= 11 is 0. The summed E-state index contributed by atoms with van der Waals surface area (Å²) in [7, 11) is 0. The normalized spacial score (nSPS) is 14.9. The molecular weight excluding hydrogens is 337 g/mol. The fraction of sp³-hybridized carbons (Fsp3) is 0.333. The van der Waals surface area contributed by atoms with Gasteiger partial charge in [-0.05, 0) is 36.1 Å². The summed E-state index contributed by atoms with van der Waals surface area (Å²) in [4.78, 5) is 0. The number of hydrogen-bond donors (Lipinski definition) is 2. The number of halogens is 3. The Morgan fingerprint density at radius 3 is 2.80 bits per heavy atom. The van der Waals surface area contributed by atoms with Crippen molar-refractivity contribution in [3.63, 3.8) is 0 Å². The number of rotatable bonds is 6. The van der Waals surface area contributed by atoms with Gasteiger partial charge in [-0.2, -0.15) is 23.6 Å². The third-order valence-electron chi connectivity index (χ3n) is 3.51. The van der Waals surface area contributed by atoms with Crippen molar-refractivity contribution in [3.8, 4) is 11.8 Å². The van der Waals surface area contributed by atoms with Crippen LogP contribution >= 0.6 is 0 Å². The average molecular weight is 350 g/mol. The second-order valence-corrected chi connectivity index (χ2v) is 5.55. The van der Waals surface area contributed by atoms with Gasteiger partial charge in [0.2, 0.25) is 5.82 Å². The number of benzene rings is 1. The molecule has 2 aromatic rings. The number of tetrazole rings is 1. The first-order valence-electron chi connectivity index (χ1n) is 7.41. The molecule has 1 fully saturated rings. The predicted octanol–water partition coefficient (Wildman–Crippen LogP) is 2.98. The minimum absolute atomic E-state index is 0.0200. The van der Waals surface area contributed by atoms with E-state index in [0.29, 0.717) is 12.5 Å². The third-order valence-corrected chi connectivity index (χ3v) is 3.51. The Hall–Kier alpha value is -3.09. The summed E-state index contributed by atoms with van der Waals surface area (Å²) in [5, 5.41) is 24.6. The van der Waals surface area contributed by atoms with E-state index in [0.717, 1.165) is 25.0 Å². The molecule has 2 N–H and O–H groups in total. The Kier molecular flexibility index (Phi) is 4.56. The lowest BCUT2D eigenvalue weighted by atomic mass is 10.1. The van der Waals surface area contributed by atoms with Crippen LogP contribution in [0.3, 0.4) is 0 Å². The zero-order valence-corrected chi connectivity index (χ0v) is 12.8. The highest BCUT2D eigenvalue weighted by Gasteiger charge is 2.31. The van der Waals surface area contributed by atoms with Crippen LogP contribution in [0, 0.1) is 17.2 Å². The Balaban J connectivity index is 1.83. The van der Waals surface area contributed by atoms with Crippen LogP contribution in [0.4, 0.5) is 18.9 Å². The van der Waals surface area contributed by atoms with Gasteiger partial charge in [0.05, 0.1) is 12.2 Å². The number of nitriles is 1. The number of H-pyrrole nitrogens is 1. The first-order chi connectivity index (χ1) is 12.0. The molecule has 1 aromatic heterocycles. The van der Waals surface area contributed by atoms with Crippen LogP contribution in [0.1, 0.15) is 24.2 Å². The molecule has 0 unspecified atom stereocenters. The van der Waals surface area contributed by atoms with E-state index in [4.69, 9.17) is 10.00 Å². The first-order valence-corrected chi connectivity index (χ1v) is 7.41. The van der Waals surface area contributed by atoms with Gasteiger partial charge in [0.1, 0.15) is 17.4 Å². The van der Waals surface area contributed by atoms with Crippen LogP contribution < -0.4 is 10.1 Å². The van der Waals surface area contributed by atoms with Crippen LogP contribution in [-0.4, -0.2) is 27.2 Å². The summed E-state index contributed by atoms with van der Waals surface area (Å²) in [6.07, 6.45) is -1.23. The summed E-state index contributed by atoms with van der Waals surface area (Å²) < 4.78 is 44.6. The van der Waals surface area contributed by atoms with Crippen molar-refractivity contribution in [3.05, 3.63) is 35.8 Å². The van der Waals surface area contributed by atoms with Crippen LogP contribution in [-0.2, 0) is 6.18 Å². The molecule has 7 nitrogen and oxygen atoms in total. The maximum absolute atomic E-state index is 13.1. The minimum atomic E-state index is -4.51. The molecule has 1 aromatic carbocycles. The van der Waals surface area contributed by atoms with Gasteiger partial charge in [0, 0.05) is 18.0 Å². The molecule has 1 aliphatic rings. The Morgan fingerprint density at radius 1 is 1.40 bits per heavy atom. The third kappa shape index (κ3) is 4.47. The Labute approximate surface area is 140 Å². The minimum Gasteiger partial charge on any atom is -0.493 e. The number of allylic oxidation sites excluding steroid dienone is 1. The fourth-order valence-electron chi connectivity index (χ4n) is 2.01. The van der Waals surface area contributed by atoms with Gasteiger partial charge in [-0.25, -0.2) is 0 Å². The summed E-state index contributed by atoms with van der Waals surface area (Å²) in [6.45, 7) is 0.392. The Bertz CT molecular complexity index is 806. The molecular formula is C15H13F3N6O. The maximum atomic E-state index is 13.1. The quantitative estimate of drug-likeness (QED) is 0.777. The van der Waals surface area contributed by atoms with Gasteiger partial charge >= 0.3 is 6.18 Å². The zero-order chi connectivity index (χ0) is 17.9. The summed E-state index contributed by atoms with van der Waals surface area (Å²) in [6, 6.07) is 5.18. The van der Waals surface area contributed by atoms with Gasteiger partial charge in [-0.1, -0.05) is 0 Å². The standard InChI is InChI=1S/C15H13F3N6O/c16-15(17,18)11-3-12(5-13(4-11)25-8-9-1-2-9)20-7-10(6-19)14-21-23-24-22-14/h3-5,7,9,20H,1-2,8H2,(H,21,22,23,24). The number of alkyl halides is 3. The van der Waals surface area contributed by atoms with E-state index in [1.165, 1.54) is 12.3 Å². The van der Waals surface area contributed by atoms with Crippen molar-refractivity contribution >= 4 is 11.3 Å². The van der Waals surface area contributed by atoms with Crippen molar-refractivity contribution in [2.24, 2.45) is 5.92 Å². The molecule has 25 heavy (non-hydrogen) atoms. The van der Waals surface area contributed by atoms with Gasteiger partial charge < -0.3 is 10.1 Å². The number of nitrogens with zero attached hydrogens (tertiary/aromatic N) is 4. The van der Waals surface area contributed by atoms with Gasteiger partial charge in [-0.15, -0.1) is 10.2 Å². The topological polar surface area (TPSA) is 99.5 Å². The molecule has 130 valence electrons. The van der Waals surface area contributed by atoms with Crippen LogP contribution in [0.5, 0.6) is 5.75 Å². The molecule has 0 spiro atoms. The van der Waals surface area contributed by atoms with Crippen molar-refractivity contribution in [2.75, 3.05) is 11.9 Å². The van der Waals surface area contributed by atoms with Crippen molar-refractivity contribution in [2.45, 2.75) is 19.0 Å². The van der Waals surface area contributed by atoms with Gasteiger partial charge in [0.15, 0.2) is 0 Å². The molecule has 0 amide bonds. The summed E-state index contributed by atoms with van der Waals surface area (Å²) in [5.74, 6) is 0.567. The largest absolute Gasteiger partial charge is 0.493 e. The van der Waals surface area contributed by atoms with Crippen LogP contribution in [0.25, 0.3) is 5.57 Å². The Morgan fingerprint density at radius 2 is 2.20 bits per heavy atom. The number of ether oxygens (including phenoxy) is 1. The van der Waals surface area contributed by atoms with Crippen LogP contribution in [0.2, 0.25) is 0 Å². The zero-order valence-electron chi connectivity index (χ0n) is 12.8. The molecule has 0 aliphatic heterocycles. The molecule has 10 heteroatoms. The second kappa shape index (κ2) is 6.80. The number of aromatic amines is 1. The van der Waals surface area contributed by atoms with E-state index in [1.54, 1.807) is 0 Å². The van der Waals surface area contributed by atoms with Crippen molar-refractivity contribution in [1.82, 2.24) is 20.6 Å². The number of anilines is 1. The number of aromatic nitrogens is 4. The molecule has 0 atom stereocenters. The highest BCUT2D eigenvalue weighted by Crippen LogP contribution is 2.35. The lowest BCUT2D eigenvalue weighted by Crippen LogP contribution is -2.07. The lowest BCUT2D eigenvalue weighted by Gasteiger charge is -2.13. The van der Waals surface area contributed by atoms with Crippen LogP contribution in [0.15, 0.2) is 24.4 Å². The maximum Gasteiger partial charge on any atom is 0.416 e. The highest BCUT2D eigenvalue weighted by atomic mass is 19.4. The monoisotopic (exact) mass is 350 g/mol. The van der Waals surface area contributed by atoms with E-state index < -0.39 is 11.7 Å². The molecule has 0 bridgehead atoms. The fourth-order valence-corrected chi connectivity index (χ4v) is 2.01. The SMILES string of the molecule is N#CC(=CNc1cc(OCC2CC2)cc(C(F)(F)F)c1)c1nn[nH]n1. The highest BCUT2D eigenvalue weighted by molar-refractivity contribution is 5.74. The van der Waals surface area contributed by atoms with E-state index in [1.807, 2.05) is 6.07 Å². The number of nitrogens with one attached hydrogen (secondary N) is 2. The first kappa shape index (κ1) is 16.8. The molecule has 3 rings (SSSR count). The molecule has 0 radical (unpaired) electrons. The second-order valence-electron chi connectivity index (χ2n) is 5.55. The van der Waals surface area contributed by atoms with E-state index >= 15 is 0 Å². The smallest absolute Gasteiger partial charge is 0.416 e. The average Bonchev–Trinajstić information content (AvgIpc) is 3.25. The molecule has 1 aliphatic carbocycles. The van der Waals surface area contributed by atoms with Gasteiger partial charge in [0.25, 0.3) is 0 Å². The summed E-state index contributed by atoms with van der Waals surface area (Å²) in [5.41, 5.74) is -0.682. The van der Waals surface area contributed by atoms with Crippen molar-refractivity contribution in [1.29, 1.82) is 5.26 Å². The predicted molar refractivity (Wildman–Crippen MR) is 81.1 cm³/mol. The number of hydrogen-bond acceptors (Lipinski definition) is 6. The van der Waals surface area contributed by atoms with E-state index in [2.05, 4.69) is 25.9 Å². The van der Waals surface area contributed by atoms with Crippen molar-refractivity contribution < 1.29 is 17.9 Å². The molecule has 0 saturated heterocycles.